The Morgan fingerprint density at radius 2 is 1.73 bits per heavy atom. The van der Waals surface area contributed by atoms with Crippen LogP contribution in [0.4, 0.5) is 5.13 Å². The molecule has 1 atom stereocenters. The third-order valence-electron chi connectivity index (χ3n) is 8.23. The van der Waals surface area contributed by atoms with Crippen LogP contribution in [0.3, 0.4) is 0 Å². The minimum absolute atomic E-state index is 0.0106. The molecule has 0 aliphatic carbocycles. The molecule has 0 radical (unpaired) electrons. The SMILES string of the molecule is CC1(c2ccc(Cl)cc2)CC(C)(C)n2c(O)c(C3=NC(=S)N(c4nc(-c5ccccc5)cs4)C3=O)c3cccc1c32. The molecule has 4 heterocycles. The zero-order valence-corrected chi connectivity index (χ0v) is 24.9. The Morgan fingerprint density at radius 3 is 2.46 bits per heavy atom. The van der Waals surface area contributed by atoms with E-state index in [1.807, 2.05) is 64.5 Å². The molecule has 7 rings (SSSR count). The van der Waals surface area contributed by atoms with E-state index in [1.165, 1.54) is 16.2 Å². The molecule has 3 aromatic carbocycles. The van der Waals surface area contributed by atoms with E-state index < -0.39 is 11.4 Å². The molecule has 1 N–H and O–H groups in total. The number of hydrogen-bond acceptors (Lipinski definition) is 5. The number of thiazole rings is 1. The van der Waals surface area contributed by atoms with E-state index in [9.17, 15) is 9.90 Å². The molecular weight excluding hydrogens is 572 g/mol. The van der Waals surface area contributed by atoms with Crippen molar-refractivity contribution in [3.63, 3.8) is 0 Å². The molecule has 1 unspecified atom stereocenters. The van der Waals surface area contributed by atoms with E-state index in [2.05, 4.69) is 48.9 Å². The van der Waals surface area contributed by atoms with Crippen molar-refractivity contribution < 1.29 is 9.90 Å². The number of hydrogen-bond donors (Lipinski definition) is 1. The Morgan fingerprint density at radius 1 is 1.00 bits per heavy atom. The van der Waals surface area contributed by atoms with E-state index in [4.69, 9.17) is 23.8 Å². The standard InChI is InChI=1S/C32H25ClN4O2S2/c1-31(2)17-32(3,19-12-14-20(33)15-13-19)22-11-7-10-21-24(27(38)37(31)26(21)22)25-28(39)36(29(40)35-25)30-34-23(16-41-30)18-8-5-4-6-9-18/h4-16,38H,17H2,1-3H3. The van der Waals surface area contributed by atoms with Crippen molar-refractivity contribution in [3.8, 4) is 17.1 Å². The van der Waals surface area contributed by atoms with Crippen LogP contribution in [0.25, 0.3) is 22.2 Å². The third-order valence-corrected chi connectivity index (χ3v) is 9.58. The number of carbonyl (C=O) groups is 1. The number of aliphatic imine (C=N–C) groups is 1. The fraction of sp³-hybridized carbons (Fsp3) is 0.188. The number of para-hydroxylation sites is 1. The molecule has 0 saturated heterocycles. The molecule has 0 saturated carbocycles. The molecule has 6 nitrogen and oxygen atoms in total. The van der Waals surface area contributed by atoms with Gasteiger partial charge >= 0.3 is 0 Å². The second-order valence-corrected chi connectivity index (χ2v) is 13.0. The highest BCUT2D eigenvalue weighted by molar-refractivity contribution is 7.80. The lowest BCUT2D eigenvalue weighted by Crippen LogP contribution is -2.41. The van der Waals surface area contributed by atoms with E-state index in [0.717, 1.165) is 39.7 Å². The summed E-state index contributed by atoms with van der Waals surface area (Å²) in [6.45, 7) is 6.44. The minimum Gasteiger partial charge on any atom is -0.494 e. The van der Waals surface area contributed by atoms with Gasteiger partial charge < -0.3 is 9.67 Å². The summed E-state index contributed by atoms with van der Waals surface area (Å²) in [5.74, 6) is -0.391. The van der Waals surface area contributed by atoms with Crippen LogP contribution in [0.1, 0.15) is 43.9 Å². The number of aromatic hydroxyl groups is 1. The summed E-state index contributed by atoms with van der Waals surface area (Å²) in [5.41, 5.74) is 4.47. The van der Waals surface area contributed by atoms with Gasteiger partial charge in [0.15, 0.2) is 5.13 Å². The summed E-state index contributed by atoms with van der Waals surface area (Å²) in [4.78, 5) is 24.5. The number of anilines is 1. The highest BCUT2D eigenvalue weighted by Crippen LogP contribution is 2.53. The van der Waals surface area contributed by atoms with Crippen molar-refractivity contribution in [1.29, 1.82) is 0 Å². The van der Waals surface area contributed by atoms with Crippen LogP contribution in [-0.2, 0) is 15.7 Å². The maximum Gasteiger partial charge on any atom is 0.286 e. The normalized spacial score (nSPS) is 19.7. The van der Waals surface area contributed by atoms with Gasteiger partial charge in [-0.15, -0.1) is 11.3 Å². The van der Waals surface area contributed by atoms with Crippen molar-refractivity contribution in [1.82, 2.24) is 9.55 Å². The highest BCUT2D eigenvalue weighted by Gasteiger charge is 2.47. The number of rotatable bonds is 4. The van der Waals surface area contributed by atoms with Crippen LogP contribution >= 0.6 is 35.2 Å². The zero-order valence-electron chi connectivity index (χ0n) is 22.6. The van der Waals surface area contributed by atoms with Crippen molar-refractivity contribution in [2.45, 2.75) is 38.1 Å². The number of amides is 1. The zero-order chi connectivity index (χ0) is 28.7. The monoisotopic (exact) mass is 596 g/mol. The first-order valence-electron chi connectivity index (χ1n) is 13.2. The summed E-state index contributed by atoms with van der Waals surface area (Å²) in [5, 5.41) is 15.7. The van der Waals surface area contributed by atoms with E-state index in [1.54, 1.807) is 0 Å². The van der Waals surface area contributed by atoms with Crippen LogP contribution in [0.5, 0.6) is 5.88 Å². The summed E-state index contributed by atoms with van der Waals surface area (Å²) in [7, 11) is 0. The smallest absolute Gasteiger partial charge is 0.286 e. The molecule has 204 valence electrons. The Hall–Kier alpha value is -3.85. The van der Waals surface area contributed by atoms with Gasteiger partial charge in [-0.05, 0) is 55.7 Å². The van der Waals surface area contributed by atoms with Crippen LogP contribution in [0, 0.1) is 0 Å². The second-order valence-electron chi connectivity index (χ2n) is 11.3. The first-order valence-corrected chi connectivity index (χ1v) is 14.9. The third kappa shape index (κ3) is 3.81. The second kappa shape index (κ2) is 9.08. The lowest BCUT2D eigenvalue weighted by atomic mass is 9.66. The topological polar surface area (TPSA) is 70.7 Å². The summed E-state index contributed by atoms with van der Waals surface area (Å²) in [6, 6.07) is 23.7. The average molecular weight is 597 g/mol. The molecular formula is C32H25ClN4O2S2. The lowest BCUT2D eigenvalue weighted by Gasteiger charge is -2.45. The molecule has 41 heavy (non-hydrogen) atoms. The van der Waals surface area contributed by atoms with E-state index >= 15 is 0 Å². The van der Waals surface area contributed by atoms with Crippen LogP contribution in [0.15, 0.2) is 83.2 Å². The van der Waals surface area contributed by atoms with Crippen LogP contribution in [-0.4, -0.2) is 31.4 Å². The van der Waals surface area contributed by atoms with Gasteiger partial charge in [0.1, 0.15) is 5.71 Å². The molecule has 0 fully saturated rings. The predicted molar refractivity (Wildman–Crippen MR) is 170 cm³/mol. The summed E-state index contributed by atoms with van der Waals surface area (Å²) in [6.07, 6.45) is 0.724. The minimum atomic E-state index is -0.481. The molecule has 5 aromatic rings. The number of carbonyl (C=O) groups excluding carboxylic acids is 1. The Labute approximate surface area is 251 Å². The maximum absolute atomic E-state index is 13.9. The largest absolute Gasteiger partial charge is 0.494 e. The Balaban J connectivity index is 1.36. The Kier molecular flexibility index (Phi) is 5.77. The number of thiocarbonyl (C=S) groups is 1. The average Bonchev–Trinajstić information content (AvgIpc) is 3.62. The number of aromatic nitrogens is 2. The number of benzene rings is 3. The van der Waals surface area contributed by atoms with Crippen molar-refractivity contribution in [3.05, 3.63) is 99.9 Å². The molecule has 0 spiro atoms. The van der Waals surface area contributed by atoms with Gasteiger partial charge in [-0.2, -0.15) is 0 Å². The Bertz CT molecular complexity index is 1920. The van der Waals surface area contributed by atoms with E-state index in [0.29, 0.717) is 15.7 Å². The molecule has 2 aromatic heterocycles. The van der Waals surface area contributed by atoms with Gasteiger partial charge in [-0.3, -0.25) is 4.79 Å². The van der Waals surface area contributed by atoms with Crippen LogP contribution < -0.4 is 4.90 Å². The van der Waals surface area contributed by atoms with Gasteiger partial charge in [0, 0.05) is 32.3 Å². The fourth-order valence-electron chi connectivity index (χ4n) is 6.53. The lowest BCUT2D eigenvalue weighted by molar-refractivity contribution is -0.111. The van der Waals surface area contributed by atoms with Gasteiger partial charge in [0.2, 0.25) is 11.0 Å². The summed E-state index contributed by atoms with van der Waals surface area (Å²) >= 11 is 13.1. The van der Waals surface area contributed by atoms with E-state index in [-0.39, 0.29) is 22.1 Å². The molecule has 2 aliphatic rings. The quantitative estimate of drug-likeness (QED) is 0.216. The summed E-state index contributed by atoms with van der Waals surface area (Å²) < 4.78 is 1.95. The molecule has 9 heteroatoms. The van der Waals surface area contributed by atoms with Gasteiger partial charge in [0.05, 0.1) is 16.8 Å². The number of halogens is 1. The predicted octanol–water partition coefficient (Wildman–Crippen LogP) is 7.69. The van der Waals surface area contributed by atoms with Gasteiger partial charge in [-0.25, -0.2) is 14.9 Å². The van der Waals surface area contributed by atoms with Crippen molar-refractivity contribution in [2.24, 2.45) is 4.99 Å². The van der Waals surface area contributed by atoms with Crippen molar-refractivity contribution in [2.75, 3.05) is 4.90 Å². The first-order chi connectivity index (χ1) is 19.6. The van der Waals surface area contributed by atoms with Crippen LogP contribution in [0.2, 0.25) is 5.02 Å². The fourth-order valence-corrected chi connectivity index (χ4v) is 7.81. The number of nitrogens with zero attached hydrogens (tertiary/aromatic N) is 4. The molecule has 1 amide bonds. The highest BCUT2D eigenvalue weighted by atomic mass is 35.5. The first kappa shape index (κ1) is 26.1. The van der Waals surface area contributed by atoms with Gasteiger partial charge in [-0.1, -0.05) is 79.2 Å². The molecule has 0 bridgehead atoms. The van der Waals surface area contributed by atoms with Crippen molar-refractivity contribution >= 4 is 67.9 Å². The van der Waals surface area contributed by atoms with Gasteiger partial charge in [0.25, 0.3) is 5.91 Å². The molecule has 2 aliphatic heterocycles. The maximum atomic E-state index is 13.9.